The Labute approximate surface area is 203 Å². The highest BCUT2D eigenvalue weighted by molar-refractivity contribution is 5.89. The molecule has 3 aromatic carbocycles. The number of carbonyl (C=O) groups is 1. The number of benzene rings is 3. The Morgan fingerprint density at radius 2 is 1.39 bits per heavy atom. The number of likely N-dealkylation sites (tertiary alicyclic amines) is 1. The van der Waals surface area contributed by atoms with E-state index in [0.29, 0.717) is 12.3 Å². The predicted octanol–water partition coefficient (Wildman–Crippen LogP) is 2.53. The lowest BCUT2D eigenvalue weighted by atomic mass is 10.00. The van der Waals surface area contributed by atoms with Crippen molar-refractivity contribution in [3.05, 3.63) is 107 Å². The summed E-state index contributed by atoms with van der Waals surface area (Å²) in [5.74, 6) is -0.254. The van der Waals surface area contributed by atoms with Crippen molar-refractivity contribution in [3.8, 4) is 0 Å². The molecule has 1 aliphatic heterocycles. The minimum absolute atomic E-state index is 0. The van der Waals surface area contributed by atoms with Crippen molar-refractivity contribution in [2.75, 3.05) is 26.9 Å². The molecule has 0 atom stereocenters. The molecule has 33 heavy (non-hydrogen) atoms. The molecule has 0 bridgehead atoms. The van der Waals surface area contributed by atoms with Crippen LogP contribution in [0.2, 0.25) is 0 Å². The highest BCUT2D eigenvalue weighted by Gasteiger charge is 2.33. The number of quaternary nitrogens is 1. The Hall–Kier alpha value is -2.66. The fourth-order valence-corrected chi connectivity index (χ4v) is 4.22. The lowest BCUT2D eigenvalue weighted by Gasteiger charge is -2.40. The van der Waals surface area contributed by atoms with E-state index in [0.717, 1.165) is 36.0 Å². The van der Waals surface area contributed by atoms with E-state index >= 15 is 0 Å². The normalized spacial score (nSPS) is 20.2. The van der Waals surface area contributed by atoms with Crippen molar-refractivity contribution in [2.24, 2.45) is 0 Å². The first kappa shape index (κ1) is 25.0. The van der Waals surface area contributed by atoms with Gasteiger partial charge in [-0.15, -0.1) is 0 Å². The van der Waals surface area contributed by atoms with E-state index in [2.05, 4.69) is 55.6 Å². The fraction of sp³-hybridized carbons (Fsp3) is 0.321. The molecule has 0 N–H and O–H groups in total. The predicted molar refractivity (Wildman–Crippen MR) is 126 cm³/mol. The van der Waals surface area contributed by atoms with Crippen LogP contribution >= 0.6 is 0 Å². The SMILES string of the molecule is Cc1ccc(C(=O)OC[N+]2(C)CCC(OC(c3ccccc3)c3ccccc3)CC2)cc1.[Cl-]. The van der Waals surface area contributed by atoms with Crippen LogP contribution in [0.3, 0.4) is 0 Å². The zero-order valence-corrected chi connectivity index (χ0v) is 20.1. The summed E-state index contributed by atoms with van der Waals surface area (Å²) in [5.41, 5.74) is 4.09. The molecule has 0 aliphatic carbocycles. The Morgan fingerprint density at radius 3 is 1.91 bits per heavy atom. The van der Waals surface area contributed by atoms with Crippen molar-refractivity contribution in [3.63, 3.8) is 0 Å². The van der Waals surface area contributed by atoms with Crippen molar-refractivity contribution in [1.29, 1.82) is 0 Å². The molecule has 3 aromatic rings. The lowest BCUT2D eigenvalue weighted by molar-refractivity contribution is -0.930. The fourth-order valence-electron chi connectivity index (χ4n) is 4.22. The number of piperidine rings is 1. The number of aryl methyl sites for hydroxylation is 1. The molecular formula is C28H32ClNO3. The molecule has 0 aromatic heterocycles. The largest absolute Gasteiger partial charge is 1.00 e. The van der Waals surface area contributed by atoms with E-state index in [-0.39, 0.29) is 30.6 Å². The molecule has 1 aliphatic rings. The van der Waals surface area contributed by atoms with Gasteiger partial charge in [-0.1, -0.05) is 78.4 Å². The van der Waals surface area contributed by atoms with Gasteiger partial charge in [-0.3, -0.25) is 4.48 Å². The van der Waals surface area contributed by atoms with Gasteiger partial charge in [0.2, 0.25) is 6.73 Å². The smallest absolute Gasteiger partial charge is 0.342 e. The van der Waals surface area contributed by atoms with Crippen molar-refractivity contribution < 1.29 is 31.2 Å². The summed E-state index contributed by atoms with van der Waals surface area (Å²) in [7, 11) is 2.16. The van der Waals surface area contributed by atoms with Crippen molar-refractivity contribution in [1.82, 2.24) is 0 Å². The summed E-state index contributed by atoms with van der Waals surface area (Å²) in [6.45, 7) is 4.23. The van der Waals surface area contributed by atoms with Gasteiger partial charge in [-0.2, -0.15) is 0 Å². The molecule has 0 saturated carbocycles. The van der Waals surface area contributed by atoms with E-state index < -0.39 is 0 Å². The monoisotopic (exact) mass is 465 g/mol. The zero-order chi connectivity index (χ0) is 22.4. The Balaban J connectivity index is 0.00000306. The van der Waals surface area contributed by atoms with Crippen molar-refractivity contribution in [2.45, 2.75) is 32.0 Å². The molecule has 0 unspecified atom stereocenters. The van der Waals surface area contributed by atoms with E-state index in [1.54, 1.807) is 0 Å². The molecule has 174 valence electrons. The number of esters is 1. The standard InChI is InChI=1S/C28H32NO3.ClH/c1-22-13-15-25(16-14-22)28(30)31-21-29(2)19-17-26(18-20-29)32-27(23-9-5-3-6-10-23)24-11-7-4-8-12-24;/h3-16,26-27H,17-21H2,1-2H3;1H/q+1;/p-1. The first-order valence-electron chi connectivity index (χ1n) is 11.4. The molecular weight excluding hydrogens is 434 g/mol. The van der Waals surface area contributed by atoms with Crippen molar-refractivity contribution >= 4 is 5.97 Å². The molecule has 0 spiro atoms. The van der Waals surface area contributed by atoms with Crippen LogP contribution in [0.1, 0.15) is 46.0 Å². The number of hydrogen-bond acceptors (Lipinski definition) is 3. The van der Waals surface area contributed by atoms with Gasteiger partial charge in [-0.05, 0) is 30.2 Å². The van der Waals surface area contributed by atoms with E-state index in [1.807, 2.05) is 43.3 Å². The molecule has 4 rings (SSSR count). The minimum Gasteiger partial charge on any atom is -1.00 e. The molecule has 1 fully saturated rings. The second-order valence-corrected chi connectivity index (χ2v) is 9.03. The van der Waals surface area contributed by atoms with Crippen LogP contribution in [0.5, 0.6) is 0 Å². The van der Waals surface area contributed by atoms with Crippen LogP contribution in [0, 0.1) is 6.92 Å². The Morgan fingerprint density at radius 1 is 0.879 bits per heavy atom. The first-order valence-corrected chi connectivity index (χ1v) is 11.4. The second kappa shape index (κ2) is 11.5. The average molecular weight is 466 g/mol. The van der Waals surface area contributed by atoms with Crippen LogP contribution in [0.4, 0.5) is 0 Å². The number of hydrogen-bond donors (Lipinski definition) is 0. The Bertz CT molecular complexity index is 961. The van der Waals surface area contributed by atoms with Crippen LogP contribution in [-0.2, 0) is 9.47 Å². The zero-order valence-electron chi connectivity index (χ0n) is 19.3. The molecule has 0 radical (unpaired) electrons. The summed E-state index contributed by atoms with van der Waals surface area (Å²) in [6, 6.07) is 28.4. The van der Waals surface area contributed by atoms with Gasteiger partial charge in [0, 0.05) is 12.8 Å². The maximum absolute atomic E-state index is 12.4. The summed E-state index contributed by atoms with van der Waals surface area (Å²) in [5, 5.41) is 0. The van der Waals surface area contributed by atoms with E-state index in [1.165, 1.54) is 11.1 Å². The van der Waals surface area contributed by atoms with Crippen LogP contribution in [0.15, 0.2) is 84.9 Å². The summed E-state index contributed by atoms with van der Waals surface area (Å²) < 4.78 is 13.0. The average Bonchev–Trinajstić information content (AvgIpc) is 2.84. The summed E-state index contributed by atoms with van der Waals surface area (Å²) >= 11 is 0. The number of ether oxygens (including phenoxy) is 2. The van der Waals surface area contributed by atoms with Gasteiger partial charge in [0.15, 0.2) is 0 Å². The van der Waals surface area contributed by atoms with Gasteiger partial charge < -0.3 is 21.9 Å². The van der Waals surface area contributed by atoms with Crippen LogP contribution < -0.4 is 12.4 Å². The minimum atomic E-state index is -0.254. The summed E-state index contributed by atoms with van der Waals surface area (Å²) in [6.07, 6.45) is 1.99. The van der Waals surface area contributed by atoms with E-state index in [4.69, 9.17) is 9.47 Å². The number of rotatable bonds is 7. The van der Waals surface area contributed by atoms with Gasteiger partial charge in [-0.25, -0.2) is 4.79 Å². The first-order chi connectivity index (χ1) is 15.5. The third-order valence-corrected chi connectivity index (χ3v) is 6.31. The van der Waals surface area contributed by atoms with Gasteiger partial charge in [0.1, 0.15) is 6.10 Å². The summed E-state index contributed by atoms with van der Waals surface area (Å²) in [4.78, 5) is 12.4. The topological polar surface area (TPSA) is 35.5 Å². The van der Waals surface area contributed by atoms with Crippen LogP contribution in [-0.4, -0.2) is 43.4 Å². The molecule has 1 saturated heterocycles. The van der Waals surface area contributed by atoms with Gasteiger partial charge >= 0.3 is 5.97 Å². The third kappa shape index (κ3) is 6.67. The number of halogens is 1. The molecule has 1 heterocycles. The quantitative estimate of drug-likeness (QED) is 0.397. The van der Waals surface area contributed by atoms with Gasteiger partial charge in [0.05, 0.1) is 31.8 Å². The molecule has 5 heteroatoms. The molecule has 0 amide bonds. The second-order valence-electron chi connectivity index (χ2n) is 9.03. The maximum Gasteiger partial charge on any atom is 0.342 e. The number of nitrogens with zero attached hydrogens (tertiary/aromatic N) is 1. The Kier molecular flexibility index (Phi) is 8.67. The third-order valence-electron chi connectivity index (χ3n) is 6.31. The molecule has 4 nitrogen and oxygen atoms in total. The van der Waals surface area contributed by atoms with Crippen LogP contribution in [0.25, 0.3) is 0 Å². The maximum atomic E-state index is 12.4. The van der Waals surface area contributed by atoms with E-state index in [9.17, 15) is 4.79 Å². The lowest BCUT2D eigenvalue weighted by Crippen LogP contribution is -3.00. The number of carbonyl (C=O) groups excluding carboxylic acids is 1. The van der Waals surface area contributed by atoms with Gasteiger partial charge in [0.25, 0.3) is 0 Å². The highest BCUT2D eigenvalue weighted by Crippen LogP contribution is 2.31. The highest BCUT2D eigenvalue weighted by atomic mass is 35.5.